The summed E-state index contributed by atoms with van der Waals surface area (Å²) < 4.78 is 0. The molecule has 2 aliphatic rings. The van der Waals surface area contributed by atoms with E-state index in [2.05, 4.69) is 65.8 Å². The van der Waals surface area contributed by atoms with E-state index in [1.807, 2.05) is 0 Å². The van der Waals surface area contributed by atoms with Crippen molar-refractivity contribution < 1.29 is 0 Å². The average Bonchev–Trinajstić information content (AvgIpc) is 3.05. The summed E-state index contributed by atoms with van der Waals surface area (Å²) in [5.74, 6) is 1.26. The number of rotatable bonds is 0. The molecule has 0 heterocycles. The Morgan fingerprint density at radius 3 is 1.29 bits per heavy atom. The molecular formula is C24H28. The van der Waals surface area contributed by atoms with Crippen molar-refractivity contribution >= 4 is 11.1 Å². The minimum absolute atomic E-state index is 0.628. The normalized spacial score (nSPS) is 25.1. The van der Waals surface area contributed by atoms with Crippen molar-refractivity contribution in [2.24, 2.45) is 11.8 Å². The lowest BCUT2D eigenvalue weighted by Crippen LogP contribution is -2.01. The average molecular weight is 316 g/mol. The van der Waals surface area contributed by atoms with E-state index in [1.54, 1.807) is 33.4 Å². The Bertz CT molecular complexity index is 806. The fourth-order valence-corrected chi connectivity index (χ4v) is 5.12. The molecule has 0 fully saturated rings. The Hall–Kier alpha value is -1.82. The predicted octanol–water partition coefficient (Wildman–Crippen LogP) is 6.22. The van der Waals surface area contributed by atoms with Crippen molar-refractivity contribution in [2.75, 3.05) is 0 Å². The quantitative estimate of drug-likeness (QED) is 0.541. The van der Waals surface area contributed by atoms with Crippen LogP contribution in [0.25, 0.3) is 11.1 Å². The van der Waals surface area contributed by atoms with Gasteiger partial charge in [0.1, 0.15) is 0 Å². The highest BCUT2D eigenvalue weighted by Crippen LogP contribution is 2.51. The van der Waals surface area contributed by atoms with Crippen molar-refractivity contribution in [2.45, 2.75) is 54.4 Å². The summed E-state index contributed by atoms with van der Waals surface area (Å²) in [6.07, 6.45) is 2.41. The second kappa shape index (κ2) is 5.34. The number of hydrogen-bond donors (Lipinski definition) is 0. The summed E-state index contributed by atoms with van der Waals surface area (Å²) in [6.45, 7) is 14.0. The van der Waals surface area contributed by atoms with Crippen molar-refractivity contribution in [1.82, 2.24) is 0 Å². The number of hydrogen-bond acceptors (Lipinski definition) is 0. The molecule has 0 heteroatoms. The van der Waals surface area contributed by atoms with Gasteiger partial charge in [0.05, 0.1) is 0 Å². The number of aryl methyl sites for hydroxylation is 4. The zero-order chi connectivity index (χ0) is 17.2. The summed E-state index contributed by atoms with van der Waals surface area (Å²) in [7, 11) is 0. The molecule has 2 atom stereocenters. The van der Waals surface area contributed by atoms with Crippen LogP contribution in [0, 0.1) is 39.5 Å². The van der Waals surface area contributed by atoms with Gasteiger partial charge in [-0.05, 0) is 108 Å². The number of fused-ring (bicyclic) bond motifs is 2. The lowest BCUT2D eigenvalue weighted by Gasteiger charge is -2.19. The lowest BCUT2D eigenvalue weighted by molar-refractivity contribution is 0.751. The molecule has 124 valence electrons. The highest BCUT2D eigenvalue weighted by atomic mass is 14.4. The highest BCUT2D eigenvalue weighted by molar-refractivity contribution is 5.99. The molecule has 0 saturated carbocycles. The second-order valence-corrected chi connectivity index (χ2v) is 8.14. The molecule has 4 rings (SSSR count). The maximum atomic E-state index is 2.43. The molecule has 0 saturated heterocycles. The van der Waals surface area contributed by atoms with E-state index in [9.17, 15) is 0 Å². The van der Waals surface area contributed by atoms with Gasteiger partial charge in [-0.1, -0.05) is 38.1 Å². The zero-order valence-corrected chi connectivity index (χ0v) is 15.9. The summed E-state index contributed by atoms with van der Waals surface area (Å²) in [5, 5.41) is 0. The van der Waals surface area contributed by atoms with Crippen molar-refractivity contribution in [3.8, 4) is 0 Å². The largest absolute Gasteiger partial charge is 0.0587 e. The van der Waals surface area contributed by atoms with Gasteiger partial charge in [-0.25, -0.2) is 0 Å². The molecule has 2 aromatic rings. The first-order valence-electron chi connectivity index (χ1n) is 9.33. The third-order valence-corrected chi connectivity index (χ3v) is 6.35. The van der Waals surface area contributed by atoms with Gasteiger partial charge in [-0.3, -0.25) is 0 Å². The van der Waals surface area contributed by atoms with E-state index < -0.39 is 0 Å². The monoisotopic (exact) mass is 316 g/mol. The highest BCUT2D eigenvalue weighted by Gasteiger charge is 2.35. The Morgan fingerprint density at radius 1 is 0.583 bits per heavy atom. The lowest BCUT2D eigenvalue weighted by atomic mass is 9.85. The van der Waals surface area contributed by atoms with Gasteiger partial charge in [0, 0.05) is 0 Å². The van der Waals surface area contributed by atoms with E-state index in [0.717, 1.165) is 0 Å². The molecule has 0 amide bonds. The smallest absolute Gasteiger partial charge is 0.0140 e. The van der Waals surface area contributed by atoms with Crippen LogP contribution >= 0.6 is 0 Å². The van der Waals surface area contributed by atoms with Gasteiger partial charge in [0.15, 0.2) is 0 Å². The SMILES string of the molecule is Cc1ccc(C)c2c1CC(C)/C2=C1\c2c(C)ccc(C)c2CC1C. The van der Waals surface area contributed by atoms with Gasteiger partial charge < -0.3 is 0 Å². The first-order valence-corrected chi connectivity index (χ1v) is 9.33. The van der Waals surface area contributed by atoms with Crippen LogP contribution < -0.4 is 0 Å². The molecule has 0 bridgehead atoms. The van der Waals surface area contributed by atoms with Gasteiger partial charge in [0.25, 0.3) is 0 Å². The Morgan fingerprint density at radius 2 is 0.917 bits per heavy atom. The van der Waals surface area contributed by atoms with Crippen LogP contribution in [0.5, 0.6) is 0 Å². The van der Waals surface area contributed by atoms with Gasteiger partial charge >= 0.3 is 0 Å². The standard InChI is InChI=1S/C24H28/c1-13-7-9-15(3)21-19(13)11-17(5)23(21)24-18(6)12-20-14(2)8-10-16(4)22(20)24/h7-10,17-18H,11-12H2,1-6H3/b24-23+. The topological polar surface area (TPSA) is 0 Å². The van der Waals surface area contributed by atoms with Crippen LogP contribution in [0.1, 0.15) is 58.4 Å². The van der Waals surface area contributed by atoms with Crippen LogP contribution in [0.3, 0.4) is 0 Å². The maximum Gasteiger partial charge on any atom is -0.0140 e. The van der Waals surface area contributed by atoms with Crippen molar-refractivity contribution in [1.29, 1.82) is 0 Å². The fraction of sp³-hybridized carbons (Fsp3) is 0.417. The Labute approximate surface area is 146 Å². The van der Waals surface area contributed by atoms with E-state index >= 15 is 0 Å². The Balaban J connectivity index is 2.08. The van der Waals surface area contributed by atoms with E-state index in [4.69, 9.17) is 0 Å². The maximum absolute atomic E-state index is 2.43. The minimum atomic E-state index is 0.628. The molecule has 0 aromatic heterocycles. The van der Waals surface area contributed by atoms with Gasteiger partial charge in [-0.15, -0.1) is 0 Å². The molecule has 0 radical (unpaired) electrons. The summed E-state index contributed by atoms with van der Waals surface area (Å²) >= 11 is 0. The van der Waals surface area contributed by atoms with Gasteiger partial charge in [-0.2, -0.15) is 0 Å². The second-order valence-electron chi connectivity index (χ2n) is 8.14. The fourth-order valence-electron chi connectivity index (χ4n) is 5.12. The van der Waals surface area contributed by atoms with Crippen LogP contribution in [-0.4, -0.2) is 0 Å². The molecular weight excluding hydrogens is 288 g/mol. The third kappa shape index (κ3) is 2.05. The first-order chi connectivity index (χ1) is 11.4. The van der Waals surface area contributed by atoms with Gasteiger partial charge in [0.2, 0.25) is 0 Å². The van der Waals surface area contributed by atoms with Crippen LogP contribution in [0.2, 0.25) is 0 Å². The summed E-state index contributed by atoms with van der Waals surface area (Å²) in [6, 6.07) is 9.23. The molecule has 2 unspecified atom stereocenters. The van der Waals surface area contributed by atoms with Crippen molar-refractivity contribution in [3.63, 3.8) is 0 Å². The molecule has 0 spiro atoms. The molecule has 24 heavy (non-hydrogen) atoms. The predicted molar refractivity (Wildman–Crippen MR) is 104 cm³/mol. The minimum Gasteiger partial charge on any atom is -0.0587 e. The molecule has 2 aromatic carbocycles. The van der Waals surface area contributed by atoms with Crippen LogP contribution in [0.4, 0.5) is 0 Å². The molecule has 0 aliphatic heterocycles. The number of allylic oxidation sites excluding steroid dienone is 2. The Kier molecular flexibility index (Phi) is 3.49. The molecule has 2 aliphatic carbocycles. The summed E-state index contributed by atoms with van der Waals surface area (Å²) in [5.41, 5.74) is 15.4. The van der Waals surface area contributed by atoms with E-state index in [-0.39, 0.29) is 0 Å². The van der Waals surface area contributed by atoms with E-state index in [0.29, 0.717) is 11.8 Å². The van der Waals surface area contributed by atoms with Crippen LogP contribution in [-0.2, 0) is 12.8 Å². The van der Waals surface area contributed by atoms with E-state index in [1.165, 1.54) is 35.1 Å². The third-order valence-electron chi connectivity index (χ3n) is 6.35. The molecule has 0 nitrogen and oxygen atoms in total. The molecule has 0 N–H and O–H groups in total. The van der Waals surface area contributed by atoms with Crippen LogP contribution in [0.15, 0.2) is 24.3 Å². The number of benzene rings is 2. The zero-order valence-electron chi connectivity index (χ0n) is 15.9. The van der Waals surface area contributed by atoms with Crippen molar-refractivity contribution in [3.05, 3.63) is 68.8 Å². The summed E-state index contributed by atoms with van der Waals surface area (Å²) in [4.78, 5) is 0. The first kappa shape index (κ1) is 15.7.